The normalized spacial score (nSPS) is 14.0. The summed E-state index contributed by atoms with van der Waals surface area (Å²) in [6, 6.07) is 9.71. The van der Waals surface area contributed by atoms with Gasteiger partial charge in [-0.15, -0.1) is 0 Å². The molecule has 0 aliphatic carbocycles. The van der Waals surface area contributed by atoms with Crippen LogP contribution in [0.25, 0.3) is 27.1 Å². The van der Waals surface area contributed by atoms with Gasteiger partial charge in [-0.3, -0.25) is 4.57 Å². The van der Waals surface area contributed by atoms with Crippen molar-refractivity contribution in [1.82, 2.24) is 19.5 Å². The Kier molecular flexibility index (Phi) is 5.51. The lowest BCUT2D eigenvalue weighted by atomic mass is 9.99. The van der Waals surface area contributed by atoms with Crippen LogP contribution in [0.5, 0.6) is 11.8 Å². The van der Waals surface area contributed by atoms with E-state index in [-0.39, 0.29) is 16.9 Å². The fourth-order valence-electron chi connectivity index (χ4n) is 4.05. The molecule has 1 aliphatic rings. The number of benzene rings is 2. The molecule has 0 saturated heterocycles. The molecule has 0 bridgehead atoms. The maximum absolute atomic E-state index is 14.4. The molecule has 0 radical (unpaired) electrons. The van der Waals surface area contributed by atoms with Crippen molar-refractivity contribution in [3.63, 3.8) is 0 Å². The van der Waals surface area contributed by atoms with Crippen LogP contribution in [0, 0.1) is 16.2 Å². The van der Waals surface area contributed by atoms with Crippen LogP contribution in [0.3, 0.4) is 0 Å². The molecule has 4 aromatic rings. The first-order valence-corrected chi connectivity index (χ1v) is 11.7. The molecule has 3 heterocycles. The molecule has 0 amide bonds. The molecule has 1 aliphatic heterocycles. The van der Waals surface area contributed by atoms with Crippen molar-refractivity contribution in [2.75, 3.05) is 18.5 Å². The van der Waals surface area contributed by atoms with Gasteiger partial charge in [0, 0.05) is 40.3 Å². The van der Waals surface area contributed by atoms with Crippen LogP contribution in [0.15, 0.2) is 36.4 Å². The maximum atomic E-state index is 14.4. The van der Waals surface area contributed by atoms with E-state index in [1.54, 1.807) is 18.2 Å². The van der Waals surface area contributed by atoms with Crippen molar-refractivity contribution in [3.05, 3.63) is 63.0 Å². The molecule has 2 aromatic carbocycles. The number of anilines is 1. The molecule has 0 fully saturated rings. The Morgan fingerprint density at radius 1 is 1.21 bits per heavy atom. The van der Waals surface area contributed by atoms with E-state index in [9.17, 15) is 9.50 Å². The van der Waals surface area contributed by atoms with Crippen molar-refractivity contribution in [3.8, 4) is 22.9 Å². The number of halogens is 2. The van der Waals surface area contributed by atoms with Crippen molar-refractivity contribution in [1.29, 1.82) is 0 Å². The van der Waals surface area contributed by atoms with E-state index in [2.05, 4.69) is 61.6 Å². The van der Waals surface area contributed by atoms with Crippen LogP contribution >= 0.6 is 22.6 Å². The Hall–Kier alpha value is -3.46. The van der Waals surface area contributed by atoms with Crippen molar-refractivity contribution in [2.45, 2.75) is 25.8 Å². The molecule has 0 spiro atoms. The lowest BCUT2D eigenvalue weighted by Gasteiger charge is -2.18. The van der Waals surface area contributed by atoms with Crippen molar-refractivity contribution in [2.24, 2.45) is 0 Å². The third-order valence-electron chi connectivity index (χ3n) is 5.74. The summed E-state index contributed by atoms with van der Waals surface area (Å²) in [5.41, 5.74) is 2.87. The molecule has 10 heteroatoms. The zero-order valence-electron chi connectivity index (χ0n) is 18.4. The smallest absolute Gasteiger partial charge is 0.299 e. The first kappa shape index (κ1) is 22.3. The van der Waals surface area contributed by atoms with Crippen LogP contribution in [-0.2, 0) is 12.0 Å². The highest BCUT2D eigenvalue weighted by Crippen LogP contribution is 2.37. The van der Waals surface area contributed by atoms with Crippen LogP contribution in [-0.4, -0.2) is 37.8 Å². The van der Waals surface area contributed by atoms with E-state index in [0.29, 0.717) is 52.0 Å². The van der Waals surface area contributed by atoms with Gasteiger partial charge < -0.3 is 15.2 Å². The SMILES string of the molecule is [C-]#[N+]c1ccc(F)c(-c2cc(CCNc3nc(I)nc4c3nc3n4C(C)(C)CO3)ccc2O)c1. The molecule has 0 saturated carbocycles. The number of nitrogens with zero attached hydrogens (tertiary/aromatic N) is 5. The van der Waals surface area contributed by atoms with E-state index in [4.69, 9.17) is 11.3 Å². The van der Waals surface area contributed by atoms with Gasteiger partial charge in [0.1, 0.15) is 18.2 Å². The summed E-state index contributed by atoms with van der Waals surface area (Å²) in [5.74, 6) is 0.0827. The summed E-state index contributed by atoms with van der Waals surface area (Å²) in [5, 5.41) is 13.7. The molecule has 8 nitrogen and oxygen atoms in total. The van der Waals surface area contributed by atoms with Crippen LogP contribution in [0.2, 0.25) is 0 Å². The van der Waals surface area contributed by atoms with Gasteiger partial charge in [-0.05, 0) is 50.1 Å². The monoisotopic (exact) mass is 570 g/mol. The third kappa shape index (κ3) is 3.90. The third-order valence-corrected chi connectivity index (χ3v) is 6.23. The van der Waals surface area contributed by atoms with E-state index in [1.165, 1.54) is 18.2 Å². The first-order valence-electron chi connectivity index (χ1n) is 10.6. The molecule has 0 unspecified atom stereocenters. The largest absolute Gasteiger partial charge is 0.507 e. The fraction of sp³-hybridized carbons (Fsp3) is 0.250. The van der Waals surface area contributed by atoms with Gasteiger partial charge in [-0.25, -0.2) is 19.2 Å². The minimum atomic E-state index is -0.492. The molecule has 2 aromatic heterocycles. The molecule has 2 N–H and O–H groups in total. The van der Waals surface area contributed by atoms with Crippen molar-refractivity contribution >= 4 is 45.3 Å². The Morgan fingerprint density at radius 3 is 2.82 bits per heavy atom. The highest BCUT2D eigenvalue weighted by atomic mass is 127. The number of rotatable bonds is 5. The number of phenols is 1. The second kappa shape index (κ2) is 8.39. The summed E-state index contributed by atoms with van der Waals surface area (Å²) in [6.07, 6.45) is 0.592. The second-order valence-corrected chi connectivity index (χ2v) is 9.61. The van der Waals surface area contributed by atoms with Gasteiger partial charge >= 0.3 is 0 Å². The van der Waals surface area contributed by atoms with Gasteiger partial charge in [0.2, 0.25) is 0 Å². The summed E-state index contributed by atoms with van der Waals surface area (Å²) >= 11 is 2.09. The molecular weight excluding hydrogens is 550 g/mol. The zero-order chi connectivity index (χ0) is 24.0. The van der Waals surface area contributed by atoms with Gasteiger partial charge in [-0.1, -0.05) is 12.1 Å². The topological polar surface area (TPSA) is 89.5 Å². The predicted molar refractivity (Wildman–Crippen MR) is 135 cm³/mol. The lowest BCUT2D eigenvalue weighted by molar-refractivity contribution is 0.268. The number of ether oxygens (including phenoxy) is 1. The Balaban J connectivity index is 1.40. The van der Waals surface area contributed by atoms with Crippen LogP contribution in [0.1, 0.15) is 19.4 Å². The minimum Gasteiger partial charge on any atom is -0.507 e. The number of aromatic hydroxyl groups is 1. The maximum Gasteiger partial charge on any atom is 0.299 e. The highest BCUT2D eigenvalue weighted by Gasteiger charge is 2.36. The number of aromatic nitrogens is 4. The summed E-state index contributed by atoms with van der Waals surface area (Å²) in [6.45, 7) is 12.4. The summed E-state index contributed by atoms with van der Waals surface area (Å²) in [4.78, 5) is 17.0. The quantitative estimate of drug-likeness (QED) is 0.193. The molecule has 5 rings (SSSR count). The number of imidazole rings is 1. The van der Waals surface area contributed by atoms with E-state index in [1.807, 2.05) is 4.57 Å². The van der Waals surface area contributed by atoms with E-state index < -0.39 is 5.82 Å². The predicted octanol–water partition coefficient (Wildman–Crippen LogP) is 5.28. The number of phenolic OH excluding ortho intramolecular Hbond substituents is 1. The summed E-state index contributed by atoms with van der Waals surface area (Å²) < 4.78 is 22.8. The lowest BCUT2D eigenvalue weighted by Crippen LogP contribution is -2.26. The summed E-state index contributed by atoms with van der Waals surface area (Å²) in [7, 11) is 0. The highest BCUT2D eigenvalue weighted by molar-refractivity contribution is 14.1. The van der Waals surface area contributed by atoms with Crippen LogP contribution in [0.4, 0.5) is 15.9 Å². The minimum absolute atomic E-state index is 0.0417. The average molecular weight is 570 g/mol. The number of hydrogen-bond donors (Lipinski definition) is 2. The number of fused-ring (bicyclic) bond motifs is 3. The Labute approximate surface area is 208 Å². The average Bonchev–Trinajstić information content (AvgIpc) is 3.32. The van der Waals surface area contributed by atoms with Gasteiger partial charge in [0.15, 0.2) is 26.5 Å². The fourth-order valence-corrected chi connectivity index (χ4v) is 4.52. The number of hydrogen-bond acceptors (Lipinski definition) is 6. The molecule has 34 heavy (non-hydrogen) atoms. The van der Waals surface area contributed by atoms with Crippen LogP contribution < -0.4 is 10.1 Å². The molecule has 172 valence electrons. The number of nitrogens with one attached hydrogen (secondary N) is 1. The van der Waals surface area contributed by atoms with E-state index in [0.717, 1.165) is 11.2 Å². The molecular formula is C24H20FIN6O2. The van der Waals surface area contributed by atoms with Gasteiger partial charge in [0.05, 0.1) is 12.1 Å². The Bertz CT molecular complexity index is 1480. The van der Waals surface area contributed by atoms with E-state index >= 15 is 0 Å². The zero-order valence-corrected chi connectivity index (χ0v) is 20.6. The standard InChI is InChI=1S/C24H20FIN6O2/c1-24(2)12-34-23-29-19-20(30-22(26)31-21(19)32(23)24)28-9-8-13-4-7-18(33)16(10-13)15-11-14(27-3)5-6-17(15)25/h4-7,10-11,33H,8-9,12H2,1-2H3,(H,28,30,31). The van der Waals surface area contributed by atoms with Gasteiger partial charge in [-0.2, -0.15) is 4.98 Å². The van der Waals surface area contributed by atoms with Crippen molar-refractivity contribution < 1.29 is 14.2 Å². The second-order valence-electron chi connectivity index (χ2n) is 8.65. The van der Waals surface area contributed by atoms with Gasteiger partial charge in [0.25, 0.3) is 6.01 Å². The first-order chi connectivity index (χ1) is 16.3. The Morgan fingerprint density at radius 2 is 2.03 bits per heavy atom. The molecule has 0 atom stereocenters.